The van der Waals surface area contributed by atoms with Gasteiger partial charge in [-0.2, -0.15) is 0 Å². The van der Waals surface area contributed by atoms with Crippen LogP contribution >= 0.6 is 0 Å². The molecule has 1 aromatic carbocycles. The predicted molar refractivity (Wildman–Crippen MR) is 89.4 cm³/mol. The van der Waals surface area contributed by atoms with Gasteiger partial charge in [-0.3, -0.25) is 4.98 Å². The minimum atomic E-state index is 0.692. The van der Waals surface area contributed by atoms with Crippen LogP contribution in [0.4, 0.5) is 0 Å². The van der Waals surface area contributed by atoms with Crippen LogP contribution < -0.4 is 5.32 Å². The van der Waals surface area contributed by atoms with Gasteiger partial charge in [-0.05, 0) is 37.5 Å². The van der Waals surface area contributed by atoms with Gasteiger partial charge in [-0.15, -0.1) is 0 Å². The topological polar surface area (TPSA) is 24.9 Å². The molecule has 1 N–H and O–H groups in total. The minimum absolute atomic E-state index is 0.692. The lowest BCUT2D eigenvalue weighted by molar-refractivity contribution is 0.389. The van der Waals surface area contributed by atoms with Gasteiger partial charge in [0.15, 0.2) is 0 Å². The molecule has 1 saturated carbocycles. The van der Waals surface area contributed by atoms with Crippen molar-refractivity contribution in [3.8, 4) is 0 Å². The normalized spacial score (nSPS) is 17.6. The van der Waals surface area contributed by atoms with Crippen molar-refractivity contribution in [2.24, 2.45) is 0 Å². The molecule has 1 aromatic heterocycles. The number of aryl methyl sites for hydroxylation is 1. The predicted octanol–water partition coefficient (Wildman–Crippen LogP) is 4.75. The molecule has 0 unspecified atom stereocenters. The highest BCUT2D eigenvalue weighted by Crippen LogP contribution is 2.20. The zero-order valence-electron chi connectivity index (χ0n) is 13.1. The molecule has 0 amide bonds. The first-order valence-corrected chi connectivity index (χ1v) is 8.41. The van der Waals surface area contributed by atoms with E-state index < -0.39 is 0 Å². The Labute approximate surface area is 128 Å². The van der Waals surface area contributed by atoms with Crippen LogP contribution in [-0.4, -0.2) is 11.0 Å². The number of hydrogen-bond donors (Lipinski definition) is 1. The SMILES string of the molecule is Cc1cc(CNC2CCCCCCC2)c2ccccc2n1. The van der Waals surface area contributed by atoms with E-state index in [0.29, 0.717) is 6.04 Å². The highest BCUT2D eigenvalue weighted by atomic mass is 14.9. The Hall–Kier alpha value is -1.41. The molecule has 2 aromatic rings. The highest BCUT2D eigenvalue weighted by Gasteiger charge is 2.11. The number of rotatable bonds is 3. The Morgan fingerprint density at radius 3 is 2.57 bits per heavy atom. The number of pyridine rings is 1. The average Bonchev–Trinajstić information content (AvgIpc) is 2.45. The van der Waals surface area contributed by atoms with Gasteiger partial charge in [0.05, 0.1) is 5.52 Å². The molecule has 0 bridgehead atoms. The van der Waals surface area contributed by atoms with Gasteiger partial charge in [0.25, 0.3) is 0 Å². The molecule has 3 rings (SSSR count). The van der Waals surface area contributed by atoms with Crippen LogP contribution in [0.25, 0.3) is 10.9 Å². The second-order valence-electron chi connectivity index (χ2n) is 6.36. The van der Waals surface area contributed by atoms with Crippen LogP contribution in [-0.2, 0) is 6.54 Å². The van der Waals surface area contributed by atoms with Crippen LogP contribution in [0.5, 0.6) is 0 Å². The number of benzene rings is 1. The number of aromatic nitrogens is 1. The summed E-state index contributed by atoms with van der Waals surface area (Å²) in [4.78, 5) is 4.63. The molecule has 0 radical (unpaired) electrons. The first kappa shape index (κ1) is 14.5. The van der Waals surface area contributed by atoms with E-state index in [1.165, 1.54) is 55.9 Å². The monoisotopic (exact) mass is 282 g/mol. The van der Waals surface area contributed by atoms with Crippen molar-refractivity contribution in [3.63, 3.8) is 0 Å². The van der Waals surface area contributed by atoms with Crippen LogP contribution in [0.2, 0.25) is 0 Å². The third kappa shape index (κ3) is 3.82. The van der Waals surface area contributed by atoms with Crippen molar-refractivity contribution in [2.75, 3.05) is 0 Å². The van der Waals surface area contributed by atoms with Crippen molar-refractivity contribution in [1.29, 1.82) is 0 Å². The van der Waals surface area contributed by atoms with E-state index in [1.807, 2.05) is 0 Å². The molecule has 112 valence electrons. The summed E-state index contributed by atoms with van der Waals surface area (Å²) in [6, 6.07) is 11.4. The maximum absolute atomic E-state index is 4.63. The van der Waals surface area contributed by atoms with Gasteiger partial charge < -0.3 is 5.32 Å². The smallest absolute Gasteiger partial charge is 0.0708 e. The third-order valence-electron chi connectivity index (χ3n) is 4.62. The largest absolute Gasteiger partial charge is 0.310 e. The number of nitrogens with zero attached hydrogens (tertiary/aromatic N) is 1. The fraction of sp³-hybridized carbons (Fsp3) is 0.526. The zero-order chi connectivity index (χ0) is 14.5. The molecule has 0 spiro atoms. The van der Waals surface area contributed by atoms with Crippen molar-refractivity contribution < 1.29 is 0 Å². The Morgan fingerprint density at radius 1 is 1.05 bits per heavy atom. The number of hydrogen-bond acceptors (Lipinski definition) is 2. The summed E-state index contributed by atoms with van der Waals surface area (Å²) in [5, 5.41) is 5.09. The molecule has 2 nitrogen and oxygen atoms in total. The fourth-order valence-corrected chi connectivity index (χ4v) is 3.46. The first-order valence-electron chi connectivity index (χ1n) is 8.41. The lowest BCUT2D eigenvalue weighted by Gasteiger charge is -2.21. The number of fused-ring (bicyclic) bond motifs is 1. The summed E-state index contributed by atoms with van der Waals surface area (Å²) in [7, 11) is 0. The molecule has 1 aliphatic carbocycles. The lowest BCUT2D eigenvalue weighted by atomic mass is 9.96. The van der Waals surface area contributed by atoms with Crippen molar-refractivity contribution in [3.05, 3.63) is 41.6 Å². The van der Waals surface area contributed by atoms with Crippen LogP contribution in [0.1, 0.15) is 56.2 Å². The molecule has 2 heteroatoms. The summed E-state index contributed by atoms with van der Waals surface area (Å²) < 4.78 is 0. The molecule has 0 saturated heterocycles. The van der Waals surface area contributed by atoms with Gasteiger partial charge in [0.1, 0.15) is 0 Å². The minimum Gasteiger partial charge on any atom is -0.310 e. The summed E-state index contributed by atoms with van der Waals surface area (Å²) in [6.07, 6.45) is 9.69. The molecule has 0 atom stereocenters. The second-order valence-corrected chi connectivity index (χ2v) is 6.36. The van der Waals surface area contributed by atoms with Gasteiger partial charge in [0.2, 0.25) is 0 Å². The second kappa shape index (κ2) is 7.04. The number of para-hydroxylation sites is 1. The quantitative estimate of drug-likeness (QED) is 0.879. The molecule has 1 aliphatic rings. The molecule has 1 fully saturated rings. The lowest BCUT2D eigenvalue weighted by Crippen LogP contribution is -2.29. The molecule has 21 heavy (non-hydrogen) atoms. The van der Waals surface area contributed by atoms with E-state index in [1.54, 1.807) is 0 Å². The van der Waals surface area contributed by atoms with E-state index >= 15 is 0 Å². The summed E-state index contributed by atoms with van der Waals surface area (Å²) >= 11 is 0. The van der Waals surface area contributed by atoms with Gasteiger partial charge in [-0.1, -0.05) is 50.3 Å². The van der Waals surface area contributed by atoms with Gasteiger partial charge >= 0.3 is 0 Å². The maximum Gasteiger partial charge on any atom is 0.0708 e. The first-order chi connectivity index (χ1) is 10.3. The van der Waals surface area contributed by atoms with Crippen LogP contribution in [0.3, 0.4) is 0 Å². The molecular formula is C19H26N2. The average molecular weight is 282 g/mol. The fourth-order valence-electron chi connectivity index (χ4n) is 3.46. The standard InChI is InChI=1S/C19H26N2/c1-15-13-16(18-11-7-8-12-19(18)21-15)14-20-17-9-5-3-2-4-6-10-17/h7-8,11-13,17,20H,2-6,9-10,14H2,1H3. The van der Waals surface area contributed by atoms with Gasteiger partial charge in [0, 0.05) is 23.7 Å². The molecule has 0 aliphatic heterocycles. The molecule has 1 heterocycles. The van der Waals surface area contributed by atoms with E-state index in [0.717, 1.165) is 17.8 Å². The van der Waals surface area contributed by atoms with E-state index in [-0.39, 0.29) is 0 Å². The highest BCUT2D eigenvalue weighted by molar-refractivity contribution is 5.82. The van der Waals surface area contributed by atoms with Gasteiger partial charge in [-0.25, -0.2) is 0 Å². The van der Waals surface area contributed by atoms with E-state index in [2.05, 4.69) is 47.6 Å². The van der Waals surface area contributed by atoms with E-state index in [4.69, 9.17) is 0 Å². The van der Waals surface area contributed by atoms with Crippen molar-refractivity contribution in [1.82, 2.24) is 10.3 Å². The Balaban J connectivity index is 1.72. The molecular weight excluding hydrogens is 256 g/mol. The summed E-state index contributed by atoms with van der Waals surface area (Å²) in [6.45, 7) is 3.06. The van der Waals surface area contributed by atoms with E-state index in [9.17, 15) is 0 Å². The zero-order valence-corrected chi connectivity index (χ0v) is 13.1. The Morgan fingerprint density at radius 2 is 1.76 bits per heavy atom. The van der Waals surface area contributed by atoms with Crippen LogP contribution in [0.15, 0.2) is 30.3 Å². The summed E-state index contributed by atoms with van der Waals surface area (Å²) in [5.74, 6) is 0. The maximum atomic E-state index is 4.63. The summed E-state index contributed by atoms with van der Waals surface area (Å²) in [5.41, 5.74) is 3.62. The Kier molecular flexibility index (Phi) is 4.87. The Bertz CT molecular complexity index is 583. The van der Waals surface area contributed by atoms with Crippen molar-refractivity contribution >= 4 is 10.9 Å². The third-order valence-corrected chi connectivity index (χ3v) is 4.62. The number of nitrogens with one attached hydrogen (secondary N) is 1. The van der Waals surface area contributed by atoms with Crippen molar-refractivity contribution in [2.45, 2.75) is 64.5 Å². The van der Waals surface area contributed by atoms with Crippen LogP contribution in [0, 0.1) is 6.92 Å².